The molecule has 0 saturated carbocycles. The summed E-state index contributed by atoms with van der Waals surface area (Å²) in [6, 6.07) is 103. The summed E-state index contributed by atoms with van der Waals surface area (Å²) >= 11 is 0. The van der Waals surface area contributed by atoms with Crippen molar-refractivity contribution in [3.8, 4) is 101 Å². The second kappa shape index (κ2) is 19.6. The highest BCUT2D eigenvalue weighted by Gasteiger charge is 2.27. The van der Waals surface area contributed by atoms with Crippen molar-refractivity contribution in [2.45, 2.75) is 0 Å². The molecule has 0 saturated heterocycles. The van der Waals surface area contributed by atoms with Gasteiger partial charge in [0.2, 0.25) is 0 Å². The molecule has 0 bridgehead atoms. The smallest absolute Gasteiger partial charge is 0.160 e. The maximum atomic E-state index is 5.67. The SMILES string of the molecule is c1ccc(-c2ccc3c(c2)c2cc(-c4ccccc4)ccc2n3-c2cc(-c3cc(-c4ccccc4)nc(-c4ccccc4)n3)cc(-c3cc(-c4ccccc4)nc(-c4ccccc4)n3)c2-n2c3ccccc3c3ccccc32)cc1. The van der Waals surface area contributed by atoms with E-state index in [4.69, 9.17) is 19.9 Å². The van der Waals surface area contributed by atoms with Crippen molar-refractivity contribution in [3.63, 3.8) is 0 Å². The van der Waals surface area contributed by atoms with Gasteiger partial charge in [0.15, 0.2) is 11.6 Å². The zero-order valence-electron chi connectivity index (χ0n) is 43.4. The second-order valence-electron chi connectivity index (χ2n) is 20.2. The molecule has 11 aromatic carbocycles. The lowest BCUT2D eigenvalue weighted by molar-refractivity contribution is 1.09. The predicted octanol–water partition coefficient (Wildman–Crippen LogP) is 18.8. The van der Waals surface area contributed by atoms with Gasteiger partial charge in [-0.05, 0) is 82.9 Å². The van der Waals surface area contributed by atoms with Crippen molar-refractivity contribution in [3.05, 3.63) is 291 Å². The van der Waals surface area contributed by atoms with Crippen LogP contribution in [-0.4, -0.2) is 29.1 Å². The minimum Gasteiger partial charge on any atom is -0.307 e. The van der Waals surface area contributed by atoms with Crippen molar-refractivity contribution >= 4 is 43.6 Å². The first-order valence-electron chi connectivity index (χ1n) is 27.0. The van der Waals surface area contributed by atoms with Gasteiger partial charge in [0.05, 0.1) is 56.2 Å². The molecule has 80 heavy (non-hydrogen) atoms. The predicted molar refractivity (Wildman–Crippen MR) is 330 cm³/mol. The molecular weight excluding hydrogens is 973 g/mol. The molecule has 4 heterocycles. The Morgan fingerprint density at radius 1 is 0.212 bits per heavy atom. The van der Waals surface area contributed by atoms with Gasteiger partial charge in [-0.25, -0.2) is 19.9 Å². The fourth-order valence-corrected chi connectivity index (χ4v) is 11.6. The van der Waals surface area contributed by atoms with Crippen LogP contribution in [-0.2, 0) is 0 Å². The quantitative estimate of drug-likeness (QED) is 0.137. The maximum Gasteiger partial charge on any atom is 0.160 e. The maximum absolute atomic E-state index is 5.67. The summed E-state index contributed by atoms with van der Waals surface area (Å²) in [4.78, 5) is 21.8. The first-order valence-corrected chi connectivity index (χ1v) is 27.0. The topological polar surface area (TPSA) is 61.4 Å². The van der Waals surface area contributed by atoms with Gasteiger partial charge in [0.1, 0.15) is 0 Å². The van der Waals surface area contributed by atoms with E-state index in [2.05, 4.69) is 252 Å². The summed E-state index contributed by atoms with van der Waals surface area (Å²) in [6.45, 7) is 0. The standard InChI is InChI=1S/C74H48N6/c1-7-23-49(24-8-1)55-39-41-69-60(43-55)61-44-56(50-25-9-2-10-26-50)40-42-70(61)79(69)71-46-57(65-47-63(51-27-11-3-12-28-51)75-73(77-65)53-31-15-5-16-32-53)45-62(72(71)80-67-37-21-19-35-58(67)59-36-20-22-38-68(59)80)66-48-64(52-29-13-4-14-30-52)76-74(78-66)54-33-17-6-18-34-54/h1-48H. The van der Waals surface area contributed by atoms with Crippen molar-refractivity contribution in [2.75, 3.05) is 0 Å². The molecule has 0 amide bonds. The number of aromatic nitrogens is 6. The Morgan fingerprint density at radius 3 is 1.01 bits per heavy atom. The Morgan fingerprint density at radius 2 is 0.562 bits per heavy atom. The molecule has 0 radical (unpaired) electrons. The van der Waals surface area contributed by atoms with Gasteiger partial charge in [-0.1, -0.05) is 231 Å². The van der Waals surface area contributed by atoms with Crippen LogP contribution in [0.1, 0.15) is 0 Å². The Bertz CT molecular complexity index is 4520. The highest BCUT2D eigenvalue weighted by Crippen LogP contribution is 2.46. The molecule has 374 valence electrons. The highest BCUT2D eigenvalue weighted by molar-refractivity contribution is 6.14. The van der Waals surface area contributed by atoms with E-state index in [0.29, 0.717) is 11.6 Å². The molecule has 0 fully saturated rings. The van der Waals surface area contributed by atoms with Crippen LogP contribution in [0.3, 0.4) is 0 Å². The van der Waals surface area contributed by atoms with E-state index in [1.165, 1.54) is 0 Å². The third-order valence-electron chi connectivity index (χ3n) is 15.3. The van der Waals surface area contributed by atoms with Gasteiger partial charge >= 0.3 is 0 Å². The highest BCUT2D eigenvalue weighted by atomic mass is 15.1. The molecule has 0 spiro atoms. The van der Waals surface area contributed by atoms with Crippen molar-refractivity contribution in [2.24, 2.45) is 0 Å². The van der Waals surface area contributed by atoms with Gasteiger partial charge in [-0.15, -0.1) is 0 Å². The molecule has 6 nitrogen and oxygen atoms in total. The number of benzene rings is 11. The minimum atomic E-state index is 0.626. The summed E-state index contributed by atoms with van der Waals surface area (Å²) in [7, 11) is 0. The average Bonchev–Trinajstić information content (AvgIpc) is 4.11. The van der Waals surface area contributed by atoms with Crippen LogP contribution in [0, 0.1) is 0 Å². The summed E-state index contributed by atoms with van der Waals surface area (Å²) in [5.74, 6) is 1.26. The van der Waals surface area contributed by atoms with E-state index in [9.17, 15) is 0 Å². The largest absolute Gasteiger partial charge is 0.307 e. The third-order valence-corrected chi connectivity index (χ3v) is 15.3. The molecule has 0 atom stereocenters. The Labute approximate surface area is 462 Å². The monoisotopic (exact) mass is 1020 g/mol. The van der Waals surface area contributed by atoms with E-state index >= 15 is 0 Å². The Kier molecular flexibility index (Phi) is 11.4. The molecule has 4 aromatic heterocycles. The molecule has 0 unspecified atom stereocenters. The third kappa shape index (κ3) is 8.22. The van der Waals surface area contributed by atoms with Crippen LogP contribution in [0.25, 0.3) is 145 Å². The number of hydrogen-bond donors (Lipinski definition) is 0. The number of hydrogen-bond acceptors (Lipinski definition) is 4. The van der Waals surface area contributed by atoms with E-state index in [1.54, 1.807) is 0 Å². The lowest BCUT2D eigenvalue weighted by Gasteiger charge is -2.23. The Balaban J connectivity index is 1.13. The number of para-hydroxylation sites is 2. The molecule has 0 aliphatic heterocycles. The van der Waals surface area contributed by atoms with Crippen LogP contribution < -0.4 is 0 Å². The van der Waals surface area contributed by atoms with Crippen LogP contribution in [0.2, 0.25) is 0 Å². The minimum absolute atomic E-state index is 0.626. The average molecular weight is 1020 g/mol. The van der Waals surface area contributed by atoms with Gasteiger partial charge in [-0.2, -0.15) is 0 Å². The number of fused-ring (bicyclic) bond motifs is 6. The van der Waals surface area contributed by atoms with E-state index in [0.717, 1.165) is 133 Å². The van der Waals surface area contributed by atoms with E-state index in [1.807, 2.05) is 48.5 Å². The number of rotatable bonds is 10. The second-order valence-corrected chi connectivity index (χ2v) is 20.2. The molecular formula is C74H48N6. The van der Waals surface area contributed by atoms with Gasteiger partial charge in [0, 0.05) is 54.9 Å². The van der Waals surface area contributed by atoms with E-state index in [-0.39, 0.29) is 0 Å². The zero-order chi connectivity index (χ0) is 52.9. The lowest BCUT2D eigenvalue weighted by Crippen LogP contribution is -2.08. The number of nitrogens with zero attached hydrogens (tertiary/aromatic N) is 6. The molecule has 0 aliphatic rings. The van der Waals surface area contributed by atoms with Crippen molar-refractivity contribution in [1.29, 1.82) is 0 Å². The first-order chi connectivity index (χ1) is 39.7. The van der Waals surface area contributed by atoms with Crippen molar-refractivity contribution in [1.82, 2.24) is 29.1 Å². The van der Waals surface area contributed by atoms with Gasteiger partial charge < -0.3 is 9.13 Å². The lowest BCUT2D eigenvalue weighted by atomic mass is 9.98. The molecule has 6 heteroatoms. The summed E-state index contributed by atoms with van der Waals surface area (Å²) in [5, 5.41) is 4.58. The molecule has 0 N–H and O–H groups in total. The van der Waals surface area contributed by atoms with Crippen molar-refractivity contribution < 1.29 is 0 Å². The molecule has 15 rings (SSSR count). The normalized spacial score (nSPS) is 11.5. The summed E-state index contributed by atoms with van der Waals surface area (Å²) in [6.07, 6.45) is 0. The summed E-state index contributed by atoms with van der Waals surface area (Å²) < 4.78 is 4.94. The first kappa shape index (κ1) is 46.5. The fraction of sp³-hybridized carbons (Fsp3) is 0. The Hall–Kier alpha value is -10.8. The van der Waals surface area contributed by atoms with Crippen LogP contribution in [0.15, 0.2) is 291 Å². The van der Waals surface area contributed by atoms with Crippen LogP contribution in [0.4, 0.5) is 0 Å². The van der Waals surface area contributed by atoms with E-state index < -0.39 is 0 Å². The summed E-state index contributed by atoms with van der Waals surface area (Å²) in [5.41, 5.74) is 19.6. The van der Waals surface area contributed by atoms with Crippen LogP contribution in [0.5, 0.6) is 0 Å². The van der Waals surface area contributed by atoms with Crippen LogP contribution >= 0.6 is 0 Å². The molecule has 15 aromatic rings. The van der Waals surface area contributed by atoms with Gasteiger partial charge in [-0.3, -0.25) is 0 Å². The van der Waals surface area contributed by atoms with Gasteiger partial charge in [0.25, 0.3) is 0 Å². The molecule has 0 aliphatic carbocycles. The zero-order valence-corrected chi connectivity index (χ0v) is 43.4. The fourth-order valence-electron chi connectivity index (χ4n) is 11.6.